The van der Waals surface area contributed by atoms with Crippen LogP contribution in [0.25, 0.3) is 42.8 Å². The highest BCUT2D eigenvalue weighted by Crippen LogP contribution is 2.37. The Balaban J connectivity index is 0.000000312. The molecule has 0 atom stereocenters. The molecule has 0 spiro atoms. The van der Waals surface area contributed by atoms with Crippen LogP contribution in [0, 0.1) is 14.9 Å². The van der Waals surface area contributed by atoms with Gasteiger partial charge < -0.3 is 43.0 Å². The predicted molar refractivity (Wildman–Crippen MR) is 435 cm³/mol. The second-order valence-corrected chi connectivity index (χ2v) is 56.8. The summed E-state index contributed by atoms with van der Waals surface area (Å²) in [6.07, 6.45) is 15.6. The maximum Gasteiger partial charge on any atom is 0.640 e. The molecule has 0 amide bonds. The summed E-state index contributed by atoms with van der Waals surface area (Å²) in [7, 11) is -6.13. The third-order valence-electron chi connectivity index (χ3n) is 13.8. The van der Waals surface area contributed by atoms with Gasteiger partial charge in [0, 0.05) is 161 Å². The number of nitrogens with one attached hydrogen (secondary N) is 1. The number of rotatable bonds is 27. The molecule has 9 aromatic rings. The largest absolute Gasteiger partial charge is 0.640 e. The van der Waals surface area contributed by atoms with Crippen LogP contribution in [-0.4, -0.2) is 177 Å². The lowest BCUT2D eigenvalue weighted by Gasteiger charge is -2.31. The average Bonchev–Trinajstić information content (AvgIpc) is 1.65. The van der Waals surface area contributed by atoms with E-state index in [0.717, 1.165) is 61.5 Å². The molecule has 1 aliphatic heterocycles. The topological polar surface area (TPSA) is 293 Å². The van der Waals surface area contributed by atoms with Crippen molar-refractivity contribution in [2.24, 2.45) is 0 Å². The number of thiazole rings is 5. The number of carbonyl (C=O) groups excluding carboxylic acids is 1. The molecule has 3 N–H and O–H groups in total. The first kappa shape index (κ1) is 91.0. The van der Waals surface area contributed by atoms with Crippen molar-refractivity contribution in [2.45, 2.75) is 196 Å². The van der Waals surface area contributed by atoms with Crippen LogP contribution in [0.3, 0.4) is 0 Å². The molecular weight excluding hydrogens is 1580 g/mol. The Labute approximate surface area is 641 Å². The number of carbonyl (C=O) groups is 1. The molecule has 0 unspecified atom stereocenters. The van der Waals surface area contributed by atoms with Gasteiger partial charge in [0.25, 0.3) is 0 Å². The van der Waals surface area contributed by atoms with Gasteiger partial charge in [-0.15, -0.1) is 56.7 Å². The van der Waals surface area contributed by atoms with Gasteiger partial charge >= 0.3 is 14.4 Å². The Morgan fingerprint density at radius 3 is 1.43 bits per heavy atom. The van der Waals surface area contributed by atoms with Gasteiger partial charge in [-0.3, -0.25) is 9.89 Å². The standard InChI is InChI=1S/C12H20BN3O3SSi.C12H18IN3OSSi.C12H19N3OSSi.C9H19BO3.C6H15ClOSi.C6H5N3S.C5H5NOS.C2H3N/c1-21(2,3)7-5-19-9-16-11(12-14-4-6-20-12)10(8-15-16)13(17)18;1-19(2,3)7-5-17-9-16-11(10(13)8-15-16)12-14-4-6-18-12;1-18(2,3)9-7-16-10-15-11(4-5-14-15)12-13-6-8-17-12;1-7(2)11-10-12-8(3,4)9(5,6)13-10;1-9(2,3)5-4-8-6-7;1-2-8-9-5(1)6-7-3-4-10-6;1-4(7)5-6-2-3-8-5;1-2-3/h4,6,8,17-18H,5,7,9H2,1-3H3;4,6,8H,5,7,9H2,1-3H3;4-6,8H,7,9-10H2,1-3H3;7H,1-6H3;4-6H2,1-3H3;1-4H,(H,8,9);2-3H,1H3;1H3. The first-order valence-corrected chi connectivity index (χ1v) is 53.6. The molecule has 0 aromatic carbocycles. The van der Waals surface area contributed by atoms with E-state index in [2.05, 4.69) is 152 Å². The third kappa shape index (κ3) is 37.1. The SMILES string of the molecule is CC#N.CC(=O)c1nccs1.CC(C)OB1OC(C)(C)C(C)(C)O1.C[Si](C)(C)CCOCCl.C[Si](C)(C)CCOCn1ncc(B(O)O)c1-c1nccs1.C[Si](C)(C)CCOCn1ncc(I)c1-c1nccs1.C[Si](C)(C)CCOCn1nccc1-c1nccs1.c1cc(-c2nccs2)[nH]n1. The van der Waals surface area contributed by atoms with E-state index in [1.807, 2.05) is 103 Å². The number of H-pyrrole nitrogens is 1. The molecule has 0 radical (unpaired) electrons. The first-order chi connectivity index (χ1) is 47.4. The molecule has 0 aliphatic carbocycles. The number of nitrogens with zero attached hydrogens (tertiary/aromatic N) is 13. The number of hydrogen-bond acceptors (Lipinski definition) is 25. The minimum Gasteiger partial charge on any atom is -0.423 e. The third-order valence-corrected chi connectivity index (χ3v) is 25.6. The summed E-state index contributed by atoms with van der Waals surface area (Å²) in [5.74, 6) is 0.0417. The number of ketones is 1. The van der Waals surface area contributed by atoms with E-state index in [0.29, 0.717) is 47.3 Å². The second-order valence-electron chi connectivity index (χ2n) is 28.4. The minimum atomic E-state index is -1.57. The summed E-state index contributed by atoms with van der Waals surface area (Å²) in [6.45, 7) is 47.3. The number of aromatic nitrogens is 13. The van der Waals surface area contributed by atoms with Crippen LogP contribution < -0.4 is 5.46 Å². The van der Waals surface area contributed by atoms with E-state index in [1.54, 1.807) is 81.1 Å². The molecule has 1 aliphatic rings. The fourth-order valence-electron chi connectivity index (χ4n) is 7.46. The maximum absolute atomic E-state index is 10.5. The lowest BCUT2D eigenvalue weighted by atomic mass is 9.80. The van der Waals surface area contributed by atoms with E-state index in [1.165, 1.54) is 60.9 Å². The molecule has 10 heterocycles. The molecule has 0 bridgehead atoms. The summed E-state index contributed by atoms with van der Waals surface area (Å²) >= 11 is 15.3. The van der Waals surface area contributed by atoms with Crippen LogP contribution in [0.15, 0.2) is 94.8 Å². The second kappa shape index (κ2) is 46.0. The first-order valence-electron chi connectivity index (χ1n) is 32.7. The smallest absolute Gasteiger partial charge is 0.423 e. The molecule has 1 saturated heterocycles. The summed E-state index contributed by atoms with van der Waals surface area (Å²) in [4.78, 5) is 31.2. The van der Waals surface area contributed by atoms with Crippen LogP contribution in [0.2, 0.25) is 103 Å². The zero-order valence-electron chi connectivity index (χ0n) is 62.2. The highest BCUT2D eigenvalue weighted by molar-refractivity contribution is 14.1. The van der Waals surface area contributed by atoms with E-state index < -0.39 is 46.7 Å². The van der Waals surface area contributed by atoms with Gasteiger partial charge in [0.2, 0.25) is 0 Å². The van der Waals surface area contributed by atoms with Crippen molar-refractivity contribution in [1.29, 1.82) is 5.26 Å². The normalized spacial score (nSPS) is 13.0. The fourth-order valence-corrected chi connectivity index (χ4v) is 14.7. The van der Waals surface area contributed by atoms with Crippen molar-refractivity contribution in [3.63, 3.8) is 0 Å². The van der Waals surface area contributed by atoms with Crippen molar-refractivity contribution >= 4 is 149 Å². The van der Waals surface area contributed by atoms with Gasteiger partial charge in [0.1, 0.15) is 52.0 Å². The minimum absolute atomic E-state index is 0.0417. The molecule has 10 rings (SSSR count). The Hall–Kier alpha value is -4.19. The predicted octanol–water partition coefficient (Wildman–Crippen LogP) is 16.2. The number of nitriles is 1. The fraction of sp³-hybridized carbons (Fsp3) is 0.547. The molecule has 101 heavy (non-hydrogen) atoms. The van der Waals surface area contributed by atoms with E-state index in [9.17, 15) is 14.8 Å². The Morgan fingerprint density at radius 2 is 1.04 bits per heavy atom. The lowest BCUT2D eigenvalue weighted by Crippen LogP contribution is -2.41. The molecular formula is C64H104B2ClIN14O10S5Si4. The molecule has 9 aromatic heterocycles. The van der Waals surface area contributed by atoms with Crippen molar-refractivity contribution < 1.29 is 47.8 Å². The average molecular weight is 1690 g/mol. The number of Topliss-reactive ketones (excluding diaryl/α,β-unsaturated/α-hetero) is 1. The number of alkyl halides is 1. The quantitative estimate of drug-likeness (QED) is 0.0142. The van der Waals surface area contributed by atoms with Gasteiger partial charge in [-0.2, -0.15) is 25.7 Å². The molecule has 0 saturated carbocycles. The summed E-state index contributed by atoms with van der Waals surface area (Å²) in [6, 6.07) is 10.6. The Kier molecular flexibility index (Phi) is 41.5. The van der Waals surface area contributed by atoms with Crippen molar-refractivity contribution in [3.8, 4) is 48.9 Å². The molecule has 37 heteroatoms. The van der Waals surface area contributed by atoms with Crippen molar-refractivity contribution in [1.82, 2.24) is 64.5 Å². The Bertz CT molecular complexity index is 3590. The van der Waals surface area contributed by atoms with E-state index in [-0.39, 0.29) is 29.8 Å². The zero-order valence-corrected chi connectivity index (χ0v) is 73.2. The van der Waals surface area contributed by atoms with Gasteiger partial charge in [-0.05, 0) is 100 Å². The summed E-state index contributed by atoms with van der Waals surface area (Å²) in [5.41, 5.74) is 3.42. The van der Waals surface area contributed by atoms with Crippen LogP contribution in [0.4, 0.5) is 0 Å². The van der Waals surface area contributed by atoms with E-state index in [4.69, 9.17) is 49.8 Å². The highest BCUT2D eigenvalue weighted by atomic mass is 127. The molecule has 556 valence electrons. The van der Waals surface area contributed by atoms with Crippen LogP contribution in [-0.2, 0) is 53.1 Å². The number of hydrogen-bond donors (Lipinski definition) is 3. The number of aromatic amines is 1. The van der Waals surface area contributed by atoms with Gasteiger partial charge in [0.05, 0.1) is 44.1 Å². The van der Waals surface area contributed by atoms with E-state index >= 15 is 0 Å². The van der Waals surface area contributed by atoms with Gasteiger partial charge in [-0.25, -0.2) is 39.0 Å². The van der Waals surface area contributed by atoms with Crippen LogP contribution in [0.1, 0.15) is 65.2 Å². The number of halogens is 2. The molecule has 1 fully saturated rings. The van der Waals surface area contributed by atoms with Crippen molar-refractivity contribution in [3.05, 3.63) is 103 Å². The Morgan fingerprint density at radius 1 is 0.624 bits per heavy atom. The summed E-state index contributed by atoms with van der Waals surface area (Å²) < 4.78 is 45.3. The molecule has 24 nitrogen and oxygen atoms in total. The van der Waals surface area contributed by atoms with Gasteiger partial charge in [-0.1, -0.05) is 90.2 Å². The zero-order chi connectivity index (χ0) is 75.5. The highest BCUT2D eigenvalue weighted by Gasteiger charge is 2.53. The van der Waals surface area contributed by atoms with Crippen LogP contribution in [0.5, 0.6) is 0 Å². The monoisotopic (exact) mass is 1680 g/mol. The lowest BCUT2D eigenvalue weighted by molar-refractivity contribution is 0.00578. The van der Waals surface area contributed by atoms with Gasteiger partial charge in [0.15, 0.2) is 10.8 Å². The number of ether oxygens (including phenoxy) is 4. The summed E-state index contributed by atoms with van der Waals surface area (Å²) in [5, 5.41) is 59.4. The van der Waals surface area contributed by atoms with Crippen molar-refractivity contribution in [2.75, 3.05) is 32.5 Å². The maximum atomic E-state index is 10.5. The van der Waals surface area contributed by atoms with Crippen LogP contribution >= 0.6 is 90.9 Å².